The van der Waals surface area contributed by atoms with Crippen LogP contribution in [0.25, 0.3) is 0 Å². The zero-order chi connectivity index (χ0) is 11.8. The Hall–Kier alpha value is -0.830. The van der Waals surface area contributed by atoms with E-state index in [-0.39, 0.29) is 11.0 Å². The molecule has 0 aromatic carbocycles. The van der Waals surface area contributed by atoms with Crippen molar-refractivity contribution < 1.29 is 9.84 Å². The van der Waals surface area contributed by atoms with Crippen LogP contribution in [0.15, 0.2) is 17.1 Å². The molecule has 0 aromatic heterocycles. The Morgan fingerprint density at radius 3 is 2.69 bits per heavy atom. The van der Waals surface area contributed by atoms with E-state index in [1.165, 1.54) is 0 Å². The minimum absolute atomic E-state index is 0.189. The largest absolute Gasteiger partial charge is 0.477 e. The van der Waals surface area contributed by atoms with Crippen molar-refractivity contribution in [3.8, 4) is 0 Å². The Labute approximate surface area is 97.2 Å². The van der Waals surface area contributed by atoms with E-state index in [0.717, 1.165) is 19.3 Å². The Balaban J connectivity index is 2.16. The fourth-order valence-corrected chi connectivity index (χ4v) is 2.30. The van der Waals surface area contributed by atoms with Gasteiger partial charge in [0.1, 0.15) is 12.7 Å². The van der Waals surface area contributed by atoms with Crippen molar-refractivity contribution >= 4 is 5.90 Å². The lowest BCUT2D eigenvalue weighted by atomic mass is 9.76. The number of aliphatic hydroxyl groups excluding tert-OH is 1. The van der Waals surface area contributed by atoms with Crippen molar-refractivity contribution in [3.63, 3.8) is 0 Å². The van der Waals surface area contributed by atoms with Gasteiger partial charge in [0.2, 0.25) is 5.90 Å². The molecule has 3 nitrogen and oxygen atoms in total. The fourth-order valence-electron chi connectivity index (χ4n) is 2.30. The lowest BCUT2D eigenvalue weighted by molar-refractivity contribution is 0.0936. The van der Waals surface area contributed by atoms with Crippen LogP contribution in [0.4, 0.5) is 0 Å². The van der Waals surface area contributed by atoms with Crippen molar-refractivity contribution in [1.82, 2.24) is 0 Å². The van der Waals surface area contributed by atoms with Gasteiger partial charge < -0.3 is 9.84 Å². The highest BCUT2D eigenvalue weighted by Crippen LogP contribution is 2.36. The molecule has 0 spiro atoms. The van der Waals surface area contributed by atoms with Gasteiger partial charge >= 0.3 is 0 Å². The van der Waals surface area contributed by atoms with E-state index in [1.807, 2.05) is 13.8 Å². The van der Waals surface area contributed by atoms with Crippen LogP contribution in [-0.4, -0.2) is 29.3 Å². The lowest BCUT2D eigenvalue weighted by Gasteiger charge is -2.33. The number of hydrogen-bond acceptors (Lipinski definition) is 3. The Morgan fingerprint density at radius 1 is 1.44 bits per heavy atom. The lowest BCUT2D eigenvalue weighted by Crippen LogP contribution is -2.38. The molecule has 0 saturated carbocycles. The van der Waals surface area contributed by atoms with Crippen molar-refractivity contribution in [2.24, 2.45) is 10.4 Å². The van der Waals surface area contributed by atoms with Gasteiger partial charge in [-0.3, -0.25) is 0 Å². The van der Waals surface area contributed by atoms with Gasteiger partial charge in [-0.05, 0) is 33.1 Å². The maximum Gasteiger partial charge on any atom is 0.214 e. The van der Waals surface area contributed by atoms with E-state index < -0.39 is 6.10 Å². The van der Waals surface area contributed by atoms with Crippen molar-refractivity contribution in [2.75, 3.05) is 6.61 Å². The first-order valence-corrected chi connectivity index (χ1v) is 6.01. The average molecular weight is 223 g/mol. The van der Waals surface area contributed by atoms with E-state index in [9.17, 15) is 5.11 Å². The number of rotatable bonds is 2. The van der Waals surface area contributed by atoms with Crippen LogP contribution >= 0.6 is 0 Å². The summed E-state index contributed by atoms with van der Waals surface area (Å²) >= 11 is 0. The predicted octanol–water partition coefficient (Wildman–Crippen LogP) is 2.30. The number of aliphatic imine (C=N–C) groups is 1. The van der Waals surface area contributed by atoms with Gasteiger partial charge in [0.05, 0.1) is 5.54 Å². The normalized spacial score (nSPS) is 34.4. The summed E-state index contributed by atoms with van der Waals surface area (Å²) in [5.74, 6) is 0.513. The topological polar surface area (TPSA) is 41.8 Å². The van der Waals surface area contributed by atoms with Crippen LogP contribution in [0.2, 0.25) is 0 Å². The summed E-state index contributed by atoms with van der Waals surface area (Å²) in [4.78, 5) is 4.45. The number of nitrogens with zero attached hydrogens (tertiary/aromatic N) is 1. The summed E-state index contributed by atoms with van der Waals surface area (Å²) in [7, 11) is 0. The van der Waals surface area contributed by atoms with Crippen molar-refractivity contribution in [1.29, 1.82) is 0 Å². The number of hydrogen-bond donors (Lipinski definition) is 1. The molecule has 1 heterocycles. The first kappa shape index (κ1) is 11.6. The van der Waals surface area contributed by atoms with Gasteiger partial charge in [-0.2, -0.15) is 0 Å². The van der Waals surface area contributed by atoms with Gasteiger partial charge in [-0.15, -0.1) is 0 Å². The molecule has 0 radical (unpaired) electrons. The van der Waals surface area contributed by atoms with Crippen molar-refractivity contribution in [3.05, 3.63) is 12.2 Å². The summed E-state index contributed by atoms with van der Waals surface area (Å²) in [6, 6.07) is 0. The van der Waals surface area contributed by atoms with E-state index in [2.05, 4.69) is 24.1 Å². The van der Waals surface area contributed by atoms with Gasteiger partial charge in [-0.25, -0.2) is 4.99 Å². The molecule has 0 fully saturated rings. The summed E-state index contributed by atoms with van der Waals surface area (Å²) in [5.41, 5.74) is -0.400. The molecule has 0 amide bonds. The smallest absolute Gasteiger partial charge is 0.214 e. The molecule has 1 N–H and O–H groups in total. The van der Waals surface area contributed by atoms with Gasteiger partial charge in [0.25, 0.3) is 0 Å². The predicted molar refractivity (Wildman–Crippen MR) is 64.6 cm³/mol. The zero-order valence-corrected chi connectivity index (χ0v) is 10.4. The molecule has 3 heteroatoms. The molecular weight excluding hydrogens is 202 g/mol. The third-order valence-electron chi connectivity index (χ3n) is 3.43. The maximum atomic E-state index is 10.4. The monoisotopic (exact) mass is 223 g/mol. The van der Waals surface area contributed by atoms with E-state index in [0.29, 0.717) is 12.5 Å². The standard InChI is InChI=1S/C13H21NO2/c1-12(2)9-16-11(14-12)10(15)13(3)7-5-4-6-8-13/h5,7,10,15H,4,6,8-9H2,1-3H3/t10-,13-/m0/s1. The quantitative estimate of drug-likeness (QED) is 0.730. The number of aliphatic hydroxyl groups is 1. The Kier molecular flexibility index (Phi) is 2.82. The SMILES string of the molecule is CC1(C)COC([C@H](O)[C@@]2(C)C=CCCC2)=N1. The molecule has 1 aliphatic carbocycles. The van der Waals surface area contributed by atoms with Crippen LogP contribution < -0.4 is 0 Å². The molecule has 0 bridgehead atoms. The Bertz CT molecular complexity index is 333. The third kappa shape index (κ3) is 2.14. The van der Waals surface area contributed by atoms with Gasteiger partial charge in [-0.1, -0.05) is 19.1 Å². The number of ether oxygens (including phenoxy) is 1. The second-order valence-corrected chi connectivity index (χ2v) is 5.75. The summed E-state index contributed by atoms with van der Waals surface area (Å²) in [6.07, 6.45) is 6.88. The third-order valence-corrected chi connectivity index (χ3v) is 3.43. The second kappa shape index (κ2) is 3.88. The van der Waals surface area contributed by atoms with E-state index in [4.69, 9.17) is 4.74 Å². The molecular formula is C13H21NO2. The van der Waals surface area contributed by atoms with Crippen LogP contribution in [0.3, 0.4) is 0 Å². The molecule has 2 aliphatic rings. The molecule has 2 rings (SSSR count). The average Bonchev–Trinajstić information content (AvgIpc) is 2.59. The molecule has 0 unspecified atom stereocenters. The summed E-state index contributed by atoms with van der Waals surface area (Å²) < 4.78 is 5.51. The van der Waals surface area contributed by atoms with Gasteiger partial charge in [0, 0.05) is 5.41 Å². The van der Waals surface area contributed by atoms with Crippen LogP contribution in [-0.2, 0) is 4.74 Å². The van der Waals surface area contributed by atoms with Gasteiger partial charge in [0.15, 0.2) is 0 Å². The minimum atomic E-state index is -0.606. The summed E-state index contributed by atoms with van der Waals surface area (Å²) in [5, 5.41) is 10.4. The fraction of sp³-hybridized carbons (Fsp3) is 0.769. The zero-order valence-electron chi connectivity index (χ0n) is 10.4. The minimum Gasteiger partial charge on any atom is -0.477 e. The first-order chi connectivity index (χ1) is 7.43. The second-order valence-electron chi connectivity index (χ2n) is 5.75. The van der Waals surface area contributed by atoms with Crippen LogP contribution in [0.5, 0.6) is 0 Å². The maximum absolute atomic E-state index is 10.4. The van der Waals surface area contributed by atoms with Crippen LogP contribution in [0, 0.1) is 5.41 Å². The highest BCUT2D eigenvalue weighted by Gasteiger charge is 2.40. The molecule has 16 heavy (non-hydrogen) atoms. The first-order valence-electron chi connectivity index (χ1n) is 6.01. The van der Waals surface area contributed by atoms with Crippen molar-refractivity contribution in [2.45, 2.75) is 51.7 Å². The number of allylic oxidation sites excluding steroid dienone is 1. The molecule has 90 valence electrons. The molecule has 0 saturated heterocycles. The molecule has 2 atom stereocenters. The van der Waals surface area contributed by atoms with Crippen LogP contribution in [0.1, 0.15) is 40.0 Å². The van der Waals surface area contributed by atoms with E-state index >= 15 is 0 Å². The molecule has 0 aromatic rings. The summed E-state index contributed by atoms with van der Waals surface area (Å²) in [6.45, 7) is 6.68. The van der Waals surface area contributed by atoms with E-state index in [1.54, 1.807) is 0 Å². The molecule has 1 aliphatic heterocycles. The highest BCUT2D eigenvalue weighted by molar-refractivity contribution is 5.83. The highest BCUT2D eigenvalue weighted by atomic mass is 16.5. The Morgan fingerprint density at radius 2 is 2.19 bits per heavy atom.